The first-order chi connectivity index (χ1) is 23.4. The number of ether oxygens (including phenoxy) is 1. The average Bonchev–Trinajstić information content (AvgIpc) is 3.61. The van der Waals surface area contributed by atoms with Crippen LogP contribution >= 0.6 is 0 Å². The normalized spacial score (nSPS) is 28.3. The molecule has 1 saturated heterocycles. The molecule has 49 heavy (non-hydrogen) atoms. The highest BCUT2D eigenvalue weighted by Gasteiger charge is 2.55. The Hall–Kier alpha value is -4.06. The first-order valence-electron chi connectivity index (χ1n) is 16.6. The Kier molecular flexibility index (Phi) is 9.72. The lowest BCUT2D eigenvalue weighted by molar-refractivity contribution is -0.129. The predicted molar refractivity (Wildman–Crippen MR) is 172 cm³/mol. The highest BCUT2D eigenvalue weighted by molar-refractivity contribution is 5.96. The van der Waals surface area contributed by atoms with Gasteiger partial charge in [-0.3, -0.25) is 9.59 Å². The molecule has 2 aliphatic heterocycles. The number of halogens is 6. The second kappa shape index (κ2) is 13.7. The minimum Gasteiger partial charge on any atom is -0.486 e. The number of alkyl halides is 2. The molecule has 2 amide bonds. The third-order valence-corrected chi connectivity index (χ3v) is 10.6. The molecule has 1 aromatic rings. The lowest BCUT2D eigenvalue weighted by Gasteiger charge is -2.37. The zero-order valence-corrected chi connectivity index (χ0v) is 27.1. The van der Waals surface area contributed by atoms with Gasteiger partial charge in [0.05, 0.1) is 23.5 Å². The highest BCUT2D eigenvalue weighted by atomic mass is 19.3. The second-order valence-corrected chi connectivity index (χ2v) is 13.4. The number of hydrogen-bond acceptors (Lipinski definition) is 4. The lowest BCUT2D eigenvalue weighted by Crippen LogP contribution is -2.50. The SMILES string of the molecule is C=CC(F)(F)CNC(=O)C1(CCCCN2CCC(NC(=O)C3=C(C)OC4C(F)=C(F)C(F)=C(F)C34)CC2)c2ccccc2C2C=CC=CC21. The molecule has 262 valence electrons. The van der Waals surface area contributed by atoms with E-state index in [4.69, 9.17) is 4.74 Å². The van der Waals surface area contributed by atoms with E-state index in [1.165, 1.54) is 6.92 Å². The van der Waals surface area contributed by atoms with Crippen LogP contribution in [0.2, 0.25) is 0 Å². The topological polar surface area (TPSA) is 70.7 Å². The number of amides is 2. The Balaban J connectivity index is 1.05. The summed E-state index contributed by atoms with van der Waals surface area (Å²) >= 11 is 0. The lowest BCUT2D eigenvalue weighted by atomic mass is 9.67. The summed E-state index contributed by atoms with van der Waals surface area (Å²) < 4.78 is 90.2. The summed E-state index contributed by atoms with van der Waals surface area (Å²) in [5.74, 6) is -13.5. The summed E-state index contributed by atoms with van der Waals surface area (Å²) in [6.45, 7) is 5.69. The van der Waals surface area contributed by atoms with Crippen LogP contribution < -0.4 is 10.6 Å². The Bertz CT molecular complexity index is 1670. The highest BCUT2D eigenvalue weighted by Crippen LogP contribution is 2.55. The first kappa shape index (κ1) is 34.8. The maximum absolute atomic E-state index is 14.6. The molecule has 1 fully saturated rings. The van der Waals surface area contributed by atoms with E-state index in [0.717, 1.165) is 17.5 Å². The van der Waals surface area contributed by atoms with E-state index in [9.17, 15) is 35.9 Å². The molecule has 0 saturated carbocycles. The van der Waals surface area contributed by atoms with Gasteiger partial charge in [-0.15, -0.1) is 0 Å². The molecule has 0 aromatic heterocycles. The zero-order valence-electron chi connectivity index (χ0n) is 27.1. The van der Waals surface area contributed by atoms with Crippen molar-refractivity contribution in [3.8, 4) is 0 Å². The van der Waals surface area contributed by atoms with Crippen molar-refractivity contribution in [1.29, 1.82) is 0 Å². The minimum atomic E-state index is -3.24. The van der Waals surface area contributed by atoms with E-state index in [0.29, 0.717) is 51.4 Å². The molecule has 0 spiro atoms. The Morgan fingerprint density at radius 1 is 1.04 bits per heavy atom. The van der Waals surface area contributed by atoms with Crippen LogP contribution in [-0.4, -0.2) is 61.0 Å². The minimum absolute atomic E-state index is 0.0383. The Morgan fingerprint density at radius 3 is 2.47 bits per heavy atom. The molecule has 3 aliphatic carbocycles. The summed E-state index contributed by atoms with van der Waals surface area (Å²) in [5, 5.41) is 5.36. The average molecular weight is 688 g/mol. The number of hydrogen-bond donors (Lipinski definition) is 2. The van der Waals surface area contributed by atoms with Gasteiger partial charge in [0.25, 0.3) is 11.8 Å². The van der Waals surface area contributed by atoms with Crippen molar-refractivity contribution >= 4 is 11.8 Å². The second-order valence-electron chi connectivity index (χ2n) is 13.4. The van der Waals surface area contributed by atoms with Gasteiger partial charge in [-0.2, -0.15) is 0 Å². The molecule has 2 heterocycles. The molecule has 0 bridgehead atoms. The van der Waals surface area contributed by atoms with E-state index in [2.05, 4.69) is 28.2 Å². The number of fused-ring (bicyclic) bond motifs is 4. The van der Waals surface area contributed by atoms with E-state index in [1.54, 1.807) is 0 Å². The van der Waals surface area contributed by atoms with Crippen LogP contribution in [0.4, 0.5) is 26.3 Å². The number of piperidine rings is 1. The van der Waals surface area contributed by atoms with Crippen LogP contribution in [0.5, 0.6) is 0 Å². The Morgan fingerprint density at radius 2 is 1.73 bits per heavy atom. The molecule has 5 unspecified atom stereocenters. The van der Waals surface area contributed by atoms with Gasteiger partial charge in [-0.1, -0.05) is 61.6 Å². The number of carbonyl (C=O) groups is 2. The predicted octanol–water partition coefficient (Wildman–Crippen LogP) is 7.06. The van der Waals surface area contributed by atoms with Gasteiger partial charge in [0, 0.05) is 31.0 Å². The number of unbranched alkanes of at least 4 members (excludes halogenated alkanes) is 1. The number of rotatable bonds is 11. The quantitative estimate of drug-likeness (QED) is 0.149. The molecule has 5 aliphatic rings. The van der Waals surface area contributed by atoms with Crippen molar-refractivity contribution < 1.29 is 40.7 Å². The molecular weight excluding hydrogens is 648 g/mol. The van der Waals surface area contributed by atoms with Crippen LogP contribution in [-0.2, 0) is 19.7 Å². The molecular formula is C37H39F6N3O3. The monoisotopic (exact) mass is 687 g/mol. The number of likely N-dealkylation sites (tertiary alicyclic amines) is 1. The largest absolute Gasteiger partial charge is 0.486 e. The maximum atomic E-state index is 14.6. The van der Waals surface area contributed by atoms with Crippen LogP contribution in [0.1, 0.15) is 56.1 Å². The summed E-state index contributed by atoms with van der Waals surface area (Å²) in [5.41, 5.74) is 0.604. The summed E-state index contributed by atoms with van der Waals surface area (Å²) in [6.07, 6.45) is 9.71. The van der Waals surface area contributed by atoms with Crippen LogP contribution in [0, 0.1) is 11.8 Å². The van der Waals surface area contributed by atoms with Gasteiger partial charge in [0.15, 0.2) is 29.4 Å². The number of nitrogens with one attached hydrogen (secondary N) is 2. The molecule has 6 rings (SSSR count). The summed E-state index contributed by atoms with van der Waals surface area (Å²) in [7, 11) is 0. The first-order valence-corrected chi connectivity index (χ1v) is 16.6. The maximum Gasteiger partial charge on any atom is 0.283 e. The molecule has 6 nitrogen and oxygen atoms in total. The molecule has 1 aromatic carbocycles. The molecule has 12 heteroatoms. The van der Waals surface area contributed by atoms with E-state index >= 15 is 0 Å². The van der Waals surface area contributed by atoms with Gasteiger partial charge >= 0.3 is 0 Å². The van der Waals surface area contributed by atoms with Gasteiger partial charge < -0.3 is 20.3 Å². The third-order valence-electron chi connectivity index (χ3n) is 10.6. The van der Waals surface area contributed by atoms with Crippen LogP contribution in [0.25, 0.3) is 0 Å². The smallest absolute Gasteiger partial charge is 0.283 e. The molecule has 2 N–H and O–H groups in total. The van der Waals surface area contributed by atoms with Gasteiger partial charge in [-0.05, 0) is 56.4 Å². The van der Waals surface area contributed by atoms with Crippen molar-refractivity contribution in [1.82, 2.24) is 15.5 Å². The van der Waals surface area contributed by atoms with Crippen LogP contribution in [0.3, 0.4) is 0 Å². The third kappa shape index (κ3) is 6.28. The van der Waals surface area contributed by atoms with Gasteiger partial charge in [-0.25, -0.2) is 26.3 Å². The van der Waals surface area contributed by atoms with E-state index in [-0.39, 0.29) is 29.2 Å². The fourth-order valence-electron chi connectivity index (χ4n) is 8.09. The fourth-order valence-corrected chi connectivity index (χ4v) is 8.09. The van der Waals surface area contributed by atoms with Crippen molar-refractivity contribution in [3.63, 3.8) is 0 Å². The zero-order chi connectivity index (χ0) is 35.1. The van der Waals surface area contributed by atoms with Crippen molar-refractivity contribution in [2.75, 3.05) is 26.2 Å². The fraction of sp³-hybridized carbons (Fsp3) is 0.459. The van der Waals surface area contributed by atoms with Crippen LogP contribution in [0.15, 0.2) is 95.9 Å². The van der Waals surface area contributed by atoms with Crippen molar-refractivity contribution in [2.45, 2.75) is 68.4 Å². The number of allylic oxidation sites excluding steroid dienone is 7. The summed E-state index contributed by atoms with van der Waals surface area (Å²) in [4.78, 5) is 29.3. The van der Waals surface area contributed by atoms with Gasteiger partial charge in [0.1, 0.15) is 5.76 Å². The number of carbonyl (C=O) groups excluding carboxylic acids is 2. The van der Waals surface area contributed by atoms with Crippen molar-refractivity contribution in [3.05, 3.63) is 107 Å². The van der Waals surface area contributed by atoms with Gasteiger partial charge in [0.2, 0.25) is 5.91 Å². The number of benzene rings is 1. The van der Waals surface area contributed by atoms with Crippen molar-refractivity contribution in [2.24, 2.45) is 11.8 Å². The summed E-state index contributed by atoms with van der Waals surface area (Å²) in [6, 6.07) is 7.44. The Labute approximate surface area is 281 Å². The molecule has 0 radical (unpaired) electrons. The van der Waals surface area contributed by atoms with E-state index in [1.807, 2.05) is 42.5 Å². The standard InChI is InChI=1S/C37H39F6N3O3/c1-3-36(42,43)20-44-35(48)37(25-12-6-4-10-23(25)24-11-5-7-13-26(24)37)16-8-9-17-46-18-14-22(15-19-46)45-34(47)27-21(2)49-33-28(27)29(38)30(39)31(40)32(33)41/h3-7,10-13,22-23,25,28,33H,1,8-9,14-20H2,2H3,(H,44,48)(H,45,47). The number of nitrogens with zero attached hydrogens (tertiary/aromatic N) is 1. The van der Waals surface area contributed by atoms with E-state index < -0.39 is 65.0 Å². The molecule has 5 atom stereocenters.